The monoisotopic (exact) mass is 505 g/mol. The van der Waals surface area contributed by atoms with E-state index in [4.69, 9.17) is 9.94 Å². The Labute approximate surface area is 207 Å². The van der Waals surface area contributed by atoms with Crippen LogP contribution in [0.1, 0.15) is 51.3 Å². The zero-order chi connectivity index (χ0) is 24.8. The third-order valence-electron chi connectivity index (χ3n) is 5.20. The molecule has 1 aromatic heterocycles. The number of carbonyl (C=O) groups is 3. The fourth-order valence-corrected chi connectivity index (χ4v) is 6.62. The maximum atomic E-state index is 12.3. The number of ether oxygens (including phenoxy) is 1. The summed E-state index contributed by atoms with van der Waals surface area (Å²) in [7, 11) is 0. The van der Waals surface area contributed by atoms with Crippen molar-refractivity contribution in [1.29, 1.82) is 0 Å². The molecule has 3 rings (SSSR count). The van der Waals surface area contributed by atoms with Crippen LogP contribution in [-0.2, 0) is 19.1 Å². The van der Waals surface area contributed by atoms with Crippen molar-refractivity contribution in [3.05, 3.63) is 41.3 Å². The van der Waals surface area contributed by atoms with Gasteiger partial charge in [-0.2, -0.15) is 0 Å². The van der Waals surface area contributed by atoms with Gasteiger partial charge in [0.2, 0.25) is 11.8 Å². The number of hydrogen-bond acceptors (Lipinski definition) is 7. The third-order valence-corrected chi connectivity index (χ3v) is 8.28. The van der Waals surface area contributed by atoms with Crippen molar-refractivity contribution >= 4 is 46.7 Å². The lowest BCUT2D eigenvalue weighted by molar-refractivity contribution is -0.129. The van der Waals surface area contributed by atoms with E-state index in [1.54, 1.807) is 55.4 Å². The van der Waals surface area contributed by atoms with E-state index in [0.29, 0.717) is 5.69 Å². The summed E-state index contributed by atoms with van der Waals surface area (Å²) in [5.74, 6) is 0.238. The smallest absolute Gasteiger partial charge is 0.408 e. The molecule has 10 heteroatoms. The van der Waals surface area contributed by atoms with Crippen LogP contribution < -0.4 is 16.1 Å². The Balaban J connectivity index is 1.68. The molecule has 184 valence electrons. The highest BCUT2D eigenvalue weighted by atomic mass is 32.2. The molecule has 2 aromatic rings. The maximum Gasteiger partial charge on any atom is 0.408 e. The summed E-state index contributed by atoms with van der Waals surface area (Å²) in [5.41, 5.74) is 2.70. The average molecular weight is 506 g/mol. The van der Waals surface area contributed by atoms with Crippen LogP contribution in [0.5, 0.6) is 0 Å². The molecule has 1 aromatic carbocycles. The molecule has 4 N–H and O–H groups in total. The number of amides is 3. The molecular formula is C24H31N3O5S2. The zero-order valence-electron chi connectivity index (χ0n) is 19.6. The molecule has 1 fully saturated rings. The van der Waals surface area contributed by atoms with Gasteiger partial charge < -0.3 is 15.4 Å². The van der Waals surface area contributed by atoms with E-state index in [-0.39, 0.29) is 29.5 Å². The van der Waals surface area contributed by atoms with E-state index in [9.17, 15) is 14.4 Å². The molecule has 1 atom stereocenters. The van der Waals surface area contributed by atoms with E-state index >= 15 is 0 Å². The summed E-state index contributed by atoms with van der Waals surface area (Å²) >= 11 is 3.40. The first-order chi connectivity index (χ1) is 16.1. The van der Waals surface area contributed by atoms with Crippen molar-refractivity contribution < 1.29 is 24.3 Å². The number of alkyl carbamates (subject to hydrolysis) is 1. The molecule has 0 spiro atoms. The molecule has 0 radical (unpaired) electrons. The molecule has 1 saturated heterocycles. The van der Waals surface area contributed by atoms with Gasteiger partial charge in [0.15, 0.2) is 0 Å². The first kappa shape index (κ1) is 26.1. The van der Waals surface area contributed by atoms with Crippen molar-refractivity contribution in [3.8, 4) is 10.4 Å². The van der Waals surface area contributed by atoms with Crippen molar-refractivity contribution in [2.45, 2.75) is 56.8 Å². The van der Waals surface area contributed by atoms with E-state index in [1.165, 1.54) is 0 Å². The van der Waals surface area contributed by atoms with Gasteiger partial charge in [-0.1, -0.05) is 18.6 Å². The molecule has 3 amide bonds. The van der Waals surface area contributed by atoms with Gasteiger partial charge >= 0.3 is 6.09 Å². The van der Waals surface area contributed by atoms with Crippen molar-refractivity contribution in [1.82, 2.24) is 10.8 Å². The normalized spacial score (nSPS) is 18.1. The molecular weight excluding hydrogens is 474 g/mol. The van der Waals surface area contributed by atoms with E-state index in [2.05, 4.69) is 16.7 Å². The Bertz CT molecular complexity index is 1030. The number of carbonyl (C=O) groups excluding carboxylic acids is 3. The maximum absolute atomic E-state index is 12.3. The van der Waals surface area contributed by atoms with Gasteiger partial charge in [0.05, 0.1) is 4.75 Å². The second-order valence-corrected chi connectivity index (χ2v) is 11.7. The highest BCUT2D eigenvalue weighted by Gasteiger charge is 2.38. The van der Waals surface area contributed by atoms with Crippen LogP contribution in [0.2, 0.25) is 0 Å². The van der Waals surface area contributed by atoms with Crippen LogP contribution in [0.15, 0.2) is 36.4 Å². The molecule has 0 unspecified atom stereocenters. The lowest BCUT2D eigenvalue weighted by Gasteiger charge is -2.35. The first-order valence-electron chi connectivity index (χ1n) is 11.1. The summed E-state index contributed by atoms with van der Waals surface area (Å²) in [5, 5.41) is 14.3. The second-order valence-electron chi connectivity index (χ2n) is 9.16. The van der Waals surface area contributed by atoms with Gasteiger partial charge in [-0.15, -0.1) is 23.1 Å². The lowest BCUT2D eigenvalue weighted by Crippen LogP contribution is -2.37. The Kier molecular flexibility index (Phi) is 8.62. The molecule has 0 bridgehead atoms. The van der Waals surface area contributed by atoms with Gasteiger partial charge in [-0.3, -0.25) is 14.8 Å². The van der Waals surface area contributed by atoms with Crippen LogP contribution in [-0.4, -0.2) is 41.0 Å². The highest BCUT2D eigenvalue weighted by Crippen LogP contribution is 2.50. The van der Waals surface area contributed by atoms with E-state index in [1.807, 2.05) is 24.3 Å². The zero-order valence-corrected chi connectivity index (χ0v) is 21.2. The second kappa shape index (κ2) is 11.2. The minimum absolute atomic E-state index is 0.199. The Morgan fingerprint density at radius 2 is 1.91 bits per heavy atom. The summed E-state index contributed by atoms with van der Waals surface area (Å²) in [6, 6.07) is 11.6. The molecule has 0 saturated carbocycles. The molecule has 1 aliphatic heterocycles. The van der Waals surface area contributed by atoms with E-state index < -0.39 is 11.7 Å². The van der Waals surface area contributed by atoms with Gasteiger partial charge in [0.25, 0.3) is 0 Å². The largest absolute Gasteiger partial charge is 0.444 e. The van der Waals surface area contributed by atoms with Crippen LogP contribution in [0.4, 0.5) is 10.5 Å². The number of rotatable bonds is 7. The quantitative estimate of drug-likeness (QED) is 0.315. The number of nitrogens with one attached hydrogen (secondary N) is 3. The van der Waals surface area contributed by atoms with Crippen molar-refractivity contribution in [2.24, 2.45) is 0 Å². The predicted molar refractivity (Wildman–Crippen MR) is 135 cm³/mol. The number of thiophene rings is 1. The first-order valence-corrected chi connectivity index (χ1v) is 12.9. The highest BCUT2D eigenvalue weighted by molar-refractivity contribution is 8.00. The lowest BCUT2D eigenvalue weighted by atomic mass is 9.94. The fraction of sp³-hybridized carbons (Fsp3) is 0.458. The summed E-state index contributed by atoms with van der Waals surface area (Å²) in [6.07, 6.45) is 2.63. The average Bonchev–Trinajstić information content (AvgIpc) is 3.28. The summed E-state index contributed by atoms with van der Waals surface area (Å²) < 4.78 is 4.80. The standard InChI is InChI=1S/C24H31N3O5S2/c1-23(2,3)32-22(30)25-15-21(29)26-17-8-6-7-16(13-17)18-9-10-19(34-18)24(14-20(28)27-31)11-4-5-12-33-24/h6-10,13,31H,4-5,11-12,14-15H2,1-3H3,(H,25,30)(H,26,29)(H,27,28)/t24-/m0/s1. The van der Waals surface area contributed by atoms with Gasteiger partial charge in [0, 0.05) is 21.9 Å². The number of benzene rings is 1. The molecule has 2 heterocycles. The number of anilines is 1. The Morgan fingerprint density at radius 3 is 2.59 bits per heavy atom. The summed E-state index contributed by atoms with van der Waals surface area (Å²) in [4.78, 5) is 38.1. The SMILES string of the molecule is CC(C)(C)OC(=O)NCC(=O)Nc1cccc(-c2ccc([C@@]3(CC(=O)NO)CCCCS3)s2)c1. The molecule has 0 aliphatic carbocycles. The van der Waals surface area contributed by atoms with Crippen LogP contribution in [0, 0.1) is 0 Å². The Morgan fingerprint density at radius 1 is 1.12 bits per heavy atom. The van der Waals surface area contributed by atoms with Gasteiger partial charge in [0.1, 0.15) is 12.1 Å². The molecule has 8 nitrogen and oxygen atoms in total. The van der Waals surface area contributed by atoms with Crippen LogP contribution in [0.3, 0.4) is 0 Å². The summed E-state index contributed by atoms with van der Waals surface area (Å²) in [6.45, 7) is 5.06. The molecule has 1 aliphatic rings. The van der Waals surface area contributed by atoms with Crippen LogP contribution >= 0.6 is 23.1 Å². The number of thioether (sulfide) groups is 1. The topological polar surface area (TPSA) is 117 Å². The fourth-order valence-electron chi connectivity index (χ4n) is 3.73. The van der Waals surface area contributed by atoms with Gasteiger partial charge in [-0.05, 0) is 69.2 Å². The number of hydroxylamine groups is 1. The Hall–Kier alpha value is -2.56. The third kappa shape index (κ3) is 7.22. The van der Waals surface area contributed by atoms with E-state index in [0.717, 1.165) is 40.3 Å². The van der Waals surface area contributed by atoms with Gasteiger partial charge in [-0.25, -0.2) is 10.3 Å². The molecule has 34 heavy (non-hydrogen) atoms. The minimum Gasteiger partial charge on any atom is -0.444 e. The minimum atomic E-state index is -0.646. The van der Waals surface area contributed by atoms with Crippen LogP contribution in [0.25, 0.3) is 10.4 Å². The predicted octanol–water partition coefficient (Wildman–Crippen LogP) is 4.89. The number of hydrogen-bond donors (Lipinski definition) is 4. The van der Waals surface area contributed by atoms with Crippen molar-refractivity contribution in [3.63, 3.8) is 0 Å². The van der Waals surface area contributed by atoms with Crippen molar-refractivity contribution in [2.75, 3.05) is 17.6 Å².